The van der Waals surface area contributed by atoms with Crippen LogP contribution in [0.25, 0.3) is 0 Å². The Balaban J connectivity index is 3.29. The Morgan fingerprint density at radius 3 is 2.35 bits per heavy atom. The number of rotatable bonds is 7. The summed E-state index contributed by atoms with van der Waals surface area (Å²) in [5, 5.41) is 20.9. The van der Waals surface area contributed by atoms with E-state index in [1.54, 1.807) is 13.8 Å². The van der Waals surface area contributed by atoms with Crippen LogP contribution in [-0.2, 0) is 19.1 Å². The molecule has 1 rings (SSSR count). The van der Waals surface area contributed by atoms with Gasteiger partial charge in [0.2, 0.25) is 0 Å². The molecular weight excluding hydrogens is 300 g/mol. The highest BCUT2D eigenvalue weighted by atomic mass is 16.5. The van der Waals surface area contributed by atoms with Gasteiger partial charge in [-0.2, -0.15) is 0 Å². The number of unbranched alkanes of at least 4 members (excludes halogenated alkanes) is 1. The fourth-order valence-corrected chi connectivity index (χ4v) is 3.22. The van der Waals surface area contributed by atoms with Crippen molar-refractivity contribution in [2.75, 3.05) is 13.2 Å². The van der Waals surface area contributed by atoms with Crippen molar-refractivity contribution in [3.8, 4) is 0 Å². The van der Waals surface area contributed by atoms with Crippen LogP contribution < -0.4 is 0 Å². The van der Waals surface area contributed by atoms with Crippen LogP contribution in [0.1, 0.15) is 53.4 Å². The van der Waals surface area contributed by atoms with Gasteiger partial charge in [0, 0.05) is 12.3 Å². The molecule has 6 nitrogen and oxygen atoms in total. The topological polar surface area (TPSA) is 93.1 Å². The lowest BCUT2D eigenvalue weighted by Crippen LogP contribution is -2.50. The Hall–Kier alpha value is -1.56. The van der Waals surface area contributed by atoms with E-state index in [0.717, 1.165) is 12.8 Å². The molecule has 132 valence electrons. The second-order valence-electron chi connectivity index (χ2n) is 6.09. The van der Waals surface area contributed by atoms with Crippen molar-refractivity contribution in [3.05, 3.63) is 11.3 Å². The van der Waals surface area contributed by atoms with Crippen molar-refractivity contribution >= 4 is 11.9 Å². The normalized spacial score (nSPS) is 27.7. The number of carbonyl (C=O) groups is 2. The summed E-state index contributed by atoms with van der Waals surface area (Å²) in [6.07, 6.45) is 1.94. The lowest BCUT2D eigenvalue weighted by atomic mass is 9.67. The first-order chi connectivity index (χ1) is 10.8. The predicted octanol–water partition coefficient (Wildman–Crippen LogP) is 2.50. The van der Waals surface area contributed by atoms with Gasteiger partial charge in [0.05, 0.1) is 30.3 Å². The van der Waals surface area contributed by atoms with Crippen molar-refractivity contribution in [3.63, 3.8) is 0 Å². The van der Waals surface area contributed by atoms with Gasteiger partial charge in [0.1, 0.15) is 5.76 Å². The van der Waals surface area contributed by atoms with Gasteiger partial charge in [0.25, 0.3) is 0 Å². The standard InChI is InChI=1S/C17H28O6/c1-5-8-9-11-13(15(19)22-6-2)12(18)10-17(4,21)14(11)16(20)23-7-3/h11,14,18,21H,5-10H2,1-4H3. The quantitative estimate of drug-likeness (QED) is 0.698. The maximum atomic E-state index is 12.4. The minimum Gasteiger partial charge on any atom is -0.512 e. The molecule has 0 aliphatic heterocycles. The van der Waals surface area contributed by atoms with Gasteiger partial charge in [-0.3, -0.25) is 4.79 Å². The minimum absolute atomic E-state index is 0.102. The van der Waals surface area contributed by atoms with Crippen LogP contribution in [0.15, 0.2) is 11.3 Å². The molecule has 1 aliphatic carbocycles. The Morgan fingerprint density at radius 1 is 1.22 bits per heavy atom. The molecule has 0 heterocycles. The second-order valence-corrected chi connectivity index (χ2v) is 6.09. The Kier molecular flexibility index (Phi) is 7.06. The van der Waals surface area contributed by atoms with Gasteiger partial charge in [0.15, 0.2) is 0 Å². The number of hydrogen-bond donors (Lipinski definition) is 2. The van der Waals surface area contributed by atoms with E-state index in [9.17, 15) is 19.8 Å². The molecule has 0 bridgehead atoms. The first-order valence-electron chi connectivity index (χ1n) is 8.28. The molecule has 3 atom stereocenters. The van der Waals surface area contributed by atoms with Crippen LogP contribution in [0.3, 0.4) is 0 Å². The minimum atomic E-state index is -1.47. The molecule has 3 unspecified atom stereocenters. The van der Waals surface area contributed by atoms with Crippen molar-refractivity contribution in [2.24, 2.45) is 11.8 Å². The molecule has 6 heteroatoms. The molecule has 0 saturated carbocycles. The van der Waals surface area contributed by atoms with Crippen molar-refractivity contribution in [2.45, 2.75) is 59.0 Å². The zero-order valence-corrected chi connectivity index (χ0v) is 14.4. The largest absolute Gasteiger partial charge is 0.512 e. The molecular formula is C17H28O6. The number of esters is 2. The summed E-state index contributed by atoms with van der Waals surface area (Å²) >= 11 is 0. The van der Waals surface area contributed by atoms with Crippen molar-refractivity contribution in [1.82, 2.24) is 0 Å². The van der Waals surface area contributed by atoms with Gasteiger partial charge in [-0.25, -0.2) is 4.79 Å². The summed E-state index contributed by atoms with van der Waals surface area (Å²) in [5.74, 6) is -2.89. The maximum absolute atomic E-state index is 12.4. The van der Waals surface area contributed by atoms with Gasteiger partial charge in [-0.15, -0.1) is 0 Å². The molecule has 0 aromatic heterocycles. The summed E-state index contributed by atoms with van der Waals surface area (Å²) in [5.41, 5.74) is -1.37. The van der Waals surface area contributed by atoms with E-state index in [0.29, 0.717) is 6.42 Å². The maximum Gasteiger partial charge on any atom is 0.337 e. The molecule has 0 aromatic carbocycles. The molecule has 1 aliphatic rings. The van der Waals surface area contributed by atoms with Crippen LogP contribution in [-0.4, -0.2) is 41.0 Å². The molecule has 2 N–H and O–H groups in total. The molecule has 0 saturated heterocycles. The smallest absolute Gasteiger partial charge is 0.337 e. The summed E-state index contributed by atoms with van der Waals surface area (Å²) in [4.78, 5) is 24.6. The van der Waals surface area contributed by atoms with E-state index in [4.69, 9.17) is 9.47 Å². The zero-order chi connectivity index (χ0) is 17.6. The van der Waals surface area contributed by atoms with Gasteiger partial charge in [-0.1, -0.05) is 19.8 Å². The van der Waals surface area contributed by atoms with E-state index in [1.807, 2.05) is 6.92 Å². The highest BCUT2D eigenvalue weighted by Crippen LogP contribution is 2.44. The average Bonchev–Trinajstić information content (AvgIpc) is 2.43. The van der Waals surface area contributed by atoms with Crippen LogP contribution in [0, 0.1) is 11.8 Å². The number of aliphatic hydroxyl groups excluding tert-OH is 1. The highest BCUT2D eigenvalue weighted by molar-refractivity contribution is 5.91. The molecule has 0 amide bonds. The highest BCUT2D eigenvalue weighted by Gasteiger charge is 2.51. The number of hydrogen-bond acceptors (Lipinski definition) is 6. The molecule has 23 heavy (non-hydrogen) atoms. The van der Waals surface area contributed by atoms with E-state index in [2.05, 4.69) is 0 Å². The van der Waals surface area contributed by atoms with Crippen LogP contribution in [0.2, 0.25) is 0 Å². The third-order valence-electron chi connectivity index (χ3n) is 4.18. The number of ether oxygens (including phenoxy) is 2. The van der Waals surface area contributed by atoms with Gasteiger partial charge in [-0.05, 0) is 27.2 Å². The van der Waals surface area contributed by atoms with Crippen LogP contribution in [0.4, 0.5) is 0 Å². The fraction of sp³-hybridized carbons (Fsp3) is 0.765. The summed E-state index contributed by atoms with van der Waals surface area (Å²) in [6, 6.07) is 0. The van der Waals surface area contributed by atoms with E-state index >= 15 is 0 Å². The molecule has 0 radical (unpaired) electrons. The third-order valence-corrected chi connectivity index (χ3v) is 4.18. The van der Waals surface area contributed by atoms with Crippen molar-refractivity contribution in [1.29, 1.82) is 0 Å². The Morgan fingerprint density at radius 2 is 1.83 bits per heavy atom. The summed E-state index contributed by atoms with van der Waals surface area (Å²) < 4.78 is 10.1. The Labute approximate surface area is 137 Å². The third kappa shape index (κ3) is 4.47. The van der Waals surface area contributed by atoms with E-state index in [-0.39, 0.29) is 31.0 Å². The van der Waals surface area contributed by atoms with Crippen LogP contribution in [0.5, 0.6) is 0 Å². The zero-order valence-electron chi connectivity index (χ0n) is 14.4. The van der Waals surface area contributed by atoms with E-state index < -0.39 is 29.4 Å². The van der Waals surface area contributed by atoms with Crippen molar-refractivity contribution < 1.29 is 29.3 Å². The average molecular weight is 328 g/mol. The molecule has 0 spiro atoms. The second kappa shape index (κ2) is 8.34. The van der Waals surface area contributed by atoms with Crippen LogP contribution >= 0.6 is 0 Å². The summed E-state index contributed by atoms with van der Waals surface area (Å²) in [6.45, 7) is 7.22. The van der Waals surface area contributed by atoms with E-state index in [1.165, 1.54) is 6.92 Å². The monoisotopic (exact) mass is 328 g/mol. The van der Waals surface area contributed by atoms with Gasteiger partial charge >= 0.3 is 11.9 Å². The number of aliphatic hydroxyl groups is 2. The fourth-order valence-electron chi connectivity index (χ4n) is 3.22. The number of carbonyl (C=O) groups excluding carboxylic acids is 2. The SMILES string of the molecule is CCCCC1C(C(=O)OCC)=C(O)CC(C)(O)C1C(=O)OCC. The molecule has 0 fully saturated rings. The summed E-state index contributed by atoms with van der Waals surface area (Å²) in [7, 11) is 0. The first kappa shape index (κ1) is 19.5. The Bertz CT molecular complexity index is 466. The van der Waals surface area contributed by atoms with Gasteiger partial charge < -0.3 is 19.7 Å². The first-order valence-corrected chi connectivity index (χ1v) is 8.28. The lowest BCUT2D eigenvalue weighted by Gasteiger charge is -2.41. The predicted molar refractivity (Wildman–Crippen MR) is 84.7 cm³/mol. The molecule has 0 aromatic rings. The lowest BCUT2D eigenvalue weighted by molar-refractivity contribution is -0.163.